The van der Waals surface area contributed by atoms with E-state index >= 15 is 0 Å². The minimum Gasteiger partial charge on any atom is -0.462 e. The average Bonchev–Trinajstić information content (AvgIpc) is 2.59. The van der Waals surface area contributed by atoms with Gasteiger partial charge < -0.3 is 4.74 Å². The zero-order valence-corrected chi connectivity index (χ0v) is 9.41. The van der Waals surface area contributed by atoms with Gasteiger partial charge in [-0.15, -0.1) is 0 Å². The molecular weight excluding hydrogens is 192 g/mol. The summed E-state index contributed by atoms with van der Waals surface area (Å²) in [5, 5.41) is 4.21. The zero-order valence-electron chi connectivity index (χ0n) is 9.41. The Morgan fingerprint density at radius 3 is 3.07 bits per heavy atom. The van der Waals surface area contributed by atoms with E-state index in [9.17, 15) is 4.79 Å². The van der Waals surface area contributed by atoms with E-state index in [-0.39, 0.29) is 11.4 Å². The zero-order chi connectivity index (χ0) is 11.1. The van der Waals surface area contributed by atoms with Gasteiger partial charge in [0.25, 0.3) is 0 Å². The van der Waals surface area contributed by atoms with Gasteiger partial charge in [0, 0.05) is 6.54 Å². The lowest BCUT2D eigenvalue weighted by Crippen LogP contribution is -2.13. The van der Waals surface area contributed by atoms with Gasteiger partial charge in [-0.25, -0.2) is 4.79 Å². The number of carbonyl (C=O) groups is 1. The Labute approximate surface area is 89.2 Å². The Morgan fingerprint density at radius 2 is 2.40 bits per heavy atom. The van der Waals surface area contributed by atoms with Crippen LogP contribution in [0.3, 0.4) is 0 Å². The molecule has 1 aliphatic heterocycles. The summed E-state index contributed by atoms with van der Waals surface area (Å²) in [6.07, 6.45) is 2.50. The molecule has 4 heteroatoms. The summed E-state index contributed by atoms with van der Waals surface area (Å²) in [5.74, 6) is -0.253. The molecule has 1 aliphatic rings. The van der Waals surface area contributed by atoms with Crippen molar-refractivity contribution in [2.75, 3.05) is 6.61 Å². The number of fused-ring (bicyclic) bond motifs is 1. The molecule has 0 atom stereocenters. The lowest BCUT2D eigenvalue weighted by Gasteiger charge is -2.14. The molecule has 0 spiro atoms. The Bertz CT molecular complexity index is 393. The molecule has 1 aromatic rings. The van der Waals surface area contributed by atoms with E-state index < -0.39 is 0 Å². The third-order valence-electron chi connectivity index (χ3n) is 2.67. The average molecular weight is 208 g/mol. The van der Waals surface area contributed by atoms with Crippen LogP contribution in [0.15, 0.2) is 6.20 Å². The van der Waals surface area contributed by atoms with E-state index in [2.05, 4.69) is 18.9 Å². The van der Waals surface area contributed by atoms with Crippen LogP contribution in [0.5, 0.6) is 0 Å². The molecule has 2 rings (SSSR count). The number of esters is 1. The van der Waals surface area contributed by atoms with Gasteiger partial charge in [-0.2, -0.15) is 5.10 Å². The summed E-state index contributed by atoms with van der Waals surface area (Å²) in [6, 6.07) is 0. The number of nitrogens with zero attached hydrogens (tertiary/aromatic N) is 2. The second-order valence-electron chi connectivity index (χ2n) is 4.72. The van der Waals surface area contributed by atoms with Crippen LogP contribution in [0, 0.1) is 5.41 Å². The third-order valence-corrected chi connectivity index (χ3v) is 2.67. The standard InChI is InChI=1S/C11H16N2O2/c1-4-15-10(14)8-6-12-13-7-11(2,3)5-9(8)13/h6H,4-5,7H2,1-3H3. The van der Waals surface area contributed by atoms with Crippen molar-refractivity contribution in [3.05, 3.63) is 17.5 Å². The van der Waals surface area contributed by atoms with Crippen molar-refractivity contribution in [1.29, 1.82) is 0 Å². The summed E-state index contributed by atoms with van der Waals surface area (Å²) < 4.78 is 6.90. The van der Waals surface area contributed by atoms with Gasteiger partial charge in [0.1, 0.15) is 5.56 Å². The molecule has 2 heterocycles. The molecule has 4 nitrogen and oxygen atoms in total. The Balaban J connectivity index is 2.27. The highest BCUT2D eigenvalue weighted by Gasteiger charge is 2.33. The van der Waals surface area contributed by atoms with Gasteiger partial charge in [0.05, 0.1) is 18.5 Å². The SMILES string of the molecule is CCOC(=O)c1cnn2c1CC(C)(C)C2. The maximum atomic E-state index is 11.6. The molecule has 0 unspecified atom stereocenters. The molecule has 0 fully saturated rings. The van der Waals surface area contributed by atoms with Gasteiger partial charge >= 0.3 is 5.97 Å². The van der Waals surface area contributed by atoms with Gasteiger partial charge in [0.15, 0.2) is 0 Å². The van der Waals surface area contributed by atoms with Crippen molar-refractivity contribution in [1.82, 2.24) is 9.78 Å². The first-order valence-corrected chi connectivity index (χ1v) is 5.25. The minimum atomic E-state index is -0.253. The molecule has 0 saturated carbocycles. The second-order valence-corrected chi connectivity index (χ2v) is 4.72. The topological polar surface area (TPSA) is 44.1 Å². The first-order chi connectivity index (χ1) is 7.03. The van der Waals surface area contributed by atoms with E-state index in [0.29, 0.717) is 12.2 Å². The largest absolute Gasteiger partial charge is 0.462 e. The number of ether oxygens (including phenoxy) is 1. The Hall–Kier alpha value is -1.32. The van der Waals surface area contributed by atoms with Gasteiger partial charge in [-0.05, 0) is 18.8 Å². The highest BCUT2D eigenvalue weighted by atomic mass is 16.5. The van der Waals surface area contributed by atoms with Crippen LogP contribution < -0.4 is 0 Å². The number of aromatic nitrogens is 2. The molecule has 0 bridgehead atoms. The predicted molar refractivity (Wildman–Crippen MR) is 55.7 cm³/mol. The maximum Gasteiger partial charge on any atom is 0.341 e. The summed E-state index contributed by atoms with van der Waals surface area (Å²) in [6.45, 7) is 7.45. The Kier molecular flexibility index (Phi) is 2.29. The maximum absolute atomic E-state index is 11.6. The van der Waals surface area contributed by atoms with Crippen LogP contribution in [-0.4, -0.2) is 22.4 Å². The monoisotopic (exact) mass is 208 g/mol. The van der Waals surface area contributed by atoms with Crippen LogP contribution >= 0.6 is 0 Å². The number of hydrogen-bond donors (Lipinski definition) is 0. The fraction of sp³-hybridized carbons (Fsp3) is 0.636. The molecular formula is C11H16N2O2. The quantitative estimate of drug-likeness (QED) is 0.694. The van der Waals surface area contributed by atoms with Crippen LogP contribution in [0.25, 0.3) is 0 Å². The fourth-order valence-corrected chi connectivity index (χ4v) is 2.03. The lowest BCUT2D eigenvalue weighted by molar-refractivity contribution is 0.0525. The van der Waals surface area contributed by atoms with E-state index in [1.807, 2.05) is 11.6 Å². The van der Waals surface area contributed by atoms with Crippen molar-refractivity contribution in [3.8, 4) is 0 Å². The molecule has 0 aliphatic carbocycles. The van der Waals surface area contributed by atoms with Crippen LogP contribution in [0.4, 0.5) is 0 Å². The summed E-state index contributed by atoms with van der Waals surface area (Å²) >= 11 is 0. The molecule has 0 N–H and O–H groups in total. The summed E-state index contributed by atoms with van der Waals surface area (Å²) in [7, 11) is 0. The molecule has 0 aromatic carbocycles. The second kappa shape index (κ2) is 3.36. The van der Waals surface area contributed by atoms with Crippen molar-refractivity contribution < 1.29 is 9.53 Å². The normalized spacial score (nSPS) is 17.5. The Morgan fingerprint density at radius 1 is 1.67 bits per heavy atom. The molecule has 0 amide bonds. The third kappa shape index (κ3) is 1.76. The highest BCUT2D eigenvalue weighted by molar-refractivity contribution is 5.90. The van der Waals surface area contributed by atoms with Gasteiger partial charge in [-0.3, -0.25) is 4.68 Å². The van der Waals surface area contributed by atoms with E-state index in [1.165, 1.54) is 0 Å². The van der Waals surface area contributed by atoms with Crippen molar-refractivity contribution in [2.45, 2.75) is 33.7 Å². The van der Waals surface area contributed by atoms with Crippen LogP contribution in [-0.2, 0) is 17.7 Å². The lowest BCUT2D eigenvalue weighted by atomic mass is 9.90. The summed E-state index contributed by atoms with van der Waals surface area (Å²) in [5.41, 5.74) is 1.84. The van der Waals surface area contributed by atoms with Crippen LogP contribution in [0.1, 0.15) is 36.8 Å². The van der Waals surface area contributed by atoms with E-state index in [4.69, 9.17) is 4.74 Å². The molecule has 0 radical (unpaired) electrons. The predicted octanol–water partition coefficient (Wildman–Crippen LogP) is 1.64. The van der Waals surface area contributed by atoms with Crippen molar-refractivity contribution in [2.24, 2.45) is 5.41 Å². The molecule has 1 aromatic heterocycles. The number of rotatable bonds is 2. The minimum absolute atomic E-state index is 0.199. The molecule has 82 valence electrons. The number of carbonyl (C=O) groups excluding carboxylic acids is 1. The molecule has 15 heavy (non-hydrogen) atoms. The highest BCUT2D eigenvalue weighted by Crippen LogP contribution is 2.32. The first-order valence-electron chi connectivity index (χ1n) is 5.25. The molecule has 0 saturated heterocycles. The van der Waals surface area contributed by atoms with Gasteiger partial charge in [0.2, 0.25) is 0 Å². The summed E-state index contributed by atoms with van der Waals surface area (Å²) in [4.78, 5) is 11.6. The van der Waals surface area contributed by atoms with E-state index in [1.54, 1.807) is 6.20 Å². The smallest absolute Gasteiger partial charge is 0.341 e. The fourth-order valence-electron chi connectivity index (χ4n) is 2.03. The van der Waals surface area contributed by atoms with Crippen molar-refractivity contribution in [3.63, 3.8) is 0 Å². The first kappa shape index (κ1) is 10.2. The van der Waals surface area contributed by atoms with E-state index in [0.717, 1.165) is 18.7 Å². The van der Waals surface area contributed by atoms with Gasteiger partial charge in [-0.1, -0.05) is 13.8 Å². The number of hydrogen-bond acceptors (Lipinski definition) is 3. The van der Waals surface area contributed by atoms with Crippen LogP contribution in [0.2, 0.25) is 0 Å². The van der Waals surface area contributed by atoms with Crippen molar-refractivity contribution >= 4 is 5.97 Å².